The molecule has 0 aromatic rings. The Morgan fingerprint density at radius 3 is 2.12 bits per heavy atom. The minimum absolute atomic E-state index is 0.0801. The lowest BCUT2D eigenvalue weighted by atomic mass is 9.83. The molecule has 1 atom stereocenters. The summed E-state index contributed by atoms with van der Waals surface area (Å²) in [4.78, 5) is 19.6. The van der Waals surface area contributed by atoms with E-state index < -0.39 is 11.5 Å². The lowest BCUT2D eigenvalue weighted by molar-refractivity contribution is -0.126. The number of carbonyl (C=O) groups is 1. The maximum absolute atomic E-state index is 11.3. The highest BCUT2D eigenvalue weighted by Crippen LogP contribution is 2.25. The smallest absolute Gasteiger partial charge is 0.240 e. The molecule has 0 rings (SSSR count). The van der Waals surface area contributed by atoms with Crippen molar-refractivity contribution in [3.05, 3.63) is 32.3 Å². The highest BCUT2D eigenvalue weighted by molar-refractivity contribution is 5.85. The van der Waals surface area contributed by atoms with Crippen molar-refractivity contribution in [1.82, 2.24) is 0 Å². The first-order chi connectivity index (χ1) is 12.1. The van der Waals surface area contributed by atoms with E-state index in [9.17, 15) is 9.90 Å². The monoisotopic (exact) mass is 362 g/mol. The normalized spacial score (nSPS) is 11.3. The van der Waals surface area contributed by atoms with Crippen molar-refractivity contribution in [3.8, 4) is 6.07 Å². The molecule has 0 aliphatic rings. The van der Waals surface area contributed by atoms with Crippen molar-refractivity contribution in [1.29, 1.82) is 5.26 Å². The minimum Gasteiger partial charge on any atom is -0.385 e. The van der Waals surface area contributed by atoms with Gasteiger partial charge in [0.2, 0.25) is 6.54 Å². The fourth-order valence-electron chi connectivity index (χ4n) is 1.71. The molecule has 0 aromatic carbocycles. The molecule has 0 bridgehead atoms. The second-order valence-electron chi connectivity index (χ2n) is 6.90. The molecular formula is C16H26N8O2. The fraction of sp³-hybridized carbons (Fsp3) is 0.812. The Bertz CT molecular complexity index is 617. The maximum atomic E-state index is 11.3. The number of Topliss-reactive ketones (excluding diaryl/α,β-unsaturated/α-hetero) is 1. The van der Waals surface area contributed by atoms with Gasteiger partial charge in [0, 0.05) is 28.3 Å². The second-order valence-corrected chi connectivity index (χ2v) is 6.90. The van der Waals surface area contributed by atoms with E-state index >= 15 is 0 Å². The Hall–Kier alpha value is -2.77. The standard InChI is InChI=1S/C8H14N4O.C8H12N4O/c1-8(2,4-5-11-12-9)7(13)6-10-3;1-8(2,4-6-11-12-10)7(13)3-5-9/h7,13H,4-6H2,1-2H3;3-4,6H2,1-2H3. The van der Waals surface area contributed by atoms with Crippen LogP contribution in [0.15, 0.2) is 10.2 Å². The number of hydrogen-bond acceptors (Lipinski definition) is 5. The predicted octanol–water partition coefficient (Wildman–Crippen LogP) is 4.19. The SMILES string of the molecule is CC(C)(CCN=[N+]=[N-])C(=O)CC#N.[C-]#[N+]CC(O)C(C)(C)CCN=[N+]=[N-]. The molecular weight excluding hydrogens is 336 g/mol. The summed E-state index contributed by atoms with van der Waals surface area (Å²) in [5.74, 6) is -0.108. The van der Waals surface area contributed by atoms with Crippen molar-refractivity contribution >= 4 is 5.78 Å². The van der Waals surface area contributed by atoms with Crippen molar-refractivity contribution in [2.45, 2.75) is 53.1 Å². The lowest BCUT2D eigenvalue weighted by Gasteiger charge is -2.26. The van der Waals surface area contributed by atoms with Crippen molar-refractivity contribution in [3.63, 3.8) is 0 Å². The van der Waals surface area contributed by atoms with Gasteiger partial charge < -0.3 is 9.95 Å². The van der Waals surface area contributed by atoms with Gasteiger partial charge in [0.05, 0.1) is 12.5 Å². The molecule has 0 radical (unpaired) electrons. The summed E-state index contributed by atoms with van der Waals surface area (Å²) >= 11 is 0. The van der Waals surface area contributed by atoms with Gasteiger partial charge in [0.1, 0.15) is 6.10 Å². The van der Waals surface area contributed by atoms with Gasteiger partial charge in [-0.25, -0.2) is 6.57 Å². The number of nitrogens with zero attached hydrogens (tertiary/aromatic N) is 8. The van der Waals surface area contributed by atoms with E-state index in [0.717, 1.165) is 0 Å². The van der Waals surface area contributed by atoms with Crippen LogP contribution < -0.4 is 0 Å². The third kappa shape index (κ3) is 11.7. The van der Waals surface area contributed by atoms with Crippen molar-refractivity contribution < 1.29 is 9.90 Å². The number of rotatable bonds is 10. The fourth-order valence-corrected chi connectivity index (χ4v) is 1.71. The van der Waals surface area contributed by atoms with Crippen LogP contribution in [0.25, 0.3) is 25.7 Å². The van der Waals surface area contributed by atoms with E-state index in [2.05, 4.69) is 24.9 Å². The molecule has 1 N–H and O–H groups in total. The lowest BCUT2D eigenvalue weighted by Crippen LogP contribution is -2.32. The average Bonchev–Trinajstić information content (AvgIpc) is 2.56. The molecule has 0 amide bonds. The number of azide groups is 2. The summed E-state index contributed by atoms with van der Waals surface area (Å²) < 4.78 is 0. The van der Waals surface area contributed by atoms with Gasteiger partial charge >= 0.3 is 0 Å². The molecule has 0 heterocycles. The highest BCUT2D eigenvalue weighted by Gasteiger charge is 2.29. The Labute approximate surface area is 153 Å². The first-order valence-corrected chi connectivity index (χ1v) is 8.02. The predicted molar refractivity (Wildman–Crippen MR) is 97.5 cm³/mol. The van der Waals surface area contributed by atoms with Crippen molar-refractivity contribution in [2.75, 3.05) is 19.6 Å². The van der Waals surface area contributed by atoms with Gasteiger partial charge in [-0.15, -0.1) is 0 Å². The van der Waals surface area contributed by atoms with Crippen LogP contribution in [0.3, 0.4) is 0 Å². The largest absolute Gasteiger partial charge is 0.385 e. The van der Waals surface area contributed by atoms with Gasteiger partial charge in [-0.1, -0.05) is 37.9 Å². The molecule has 0 aromatic heterocycles. The number of aliphatic hydroxyl groups is 1. The molecule has 142 valence electrons. The molecule has 0 aliphatic heterocycles. The van der Waals surface area contributed by atoms with E-state index in [0.29, 0.717) is 25.9 Å². The van der Waals surface area contributed by atoms with Crippen LogP contribution in [-0.4, -0.2) is 36.6 Å². The van der Waals surface area contributed by atoms with Crippen LogP contribution in [-0.2, 0) is 4.79 Å². The number of nitriles is 1. The van der Waals surface area contributed by atoms with Gasteiger partial charge in [0.15, 0.2) is 5.78 Å². The zero-order valence-electron chi connectivity index (χ0n) is 15.8. The van der Waals surface area contributed by atoms with Crippen molar-refractivity contribution in [2.24, 2.45) is 21.1 Å². The molecule has 26 heavy (non-hydrogen) atoms. The van der Waals surface area contributed by atoms with Gasteiger partial charge in [-0.2, -0.15) is 5.26 Å². The quantitative estimate of drug-likeness (QED) is 0.267. The van der Waals surface area contributed by atoms with E-state index in [1.165, 1.54) is 0 Å². The molecule has 0 aliphatic carbocycles. The zero-order chi connectivity index (χ0) is 20.6. The molecule has 1 unspecified atom stereocenters. The molecule has 10 nitrogen and oxygen atoms in total. The molecule has 0 spiro atoms. The minimum atomic E-state index is -0.654. The average molecular weight is 362 g/mol. The van der Waals surface area contributed by atoms with Crippen LogP contribution >= 0.6 is 0 Å². The second kappa shape index (κ2) is 13.5. The van der Waals surface area contributed by atoms with Gasteiger partial charge in [0.25, 0.3) is 0 Å². The van der Waals surface area contributed by atoms with Gasteiger partial charge in [-0.05, 0) is 29.3 Å². The number of ketones is 1. The molecule has 0 saturated heterocycles. The Kier molecular flexibility index (Phi) is 13.2. The van der Waals surface area contributed by atoms with Gasteiger partial charge in [-0.3, -0.25) is 4.79 Å². The topological polar surface area (TPSA) is 163 Å². The van der Waals surface area contributed by atoms with Crippen LogP contribution in [0.1, 0.15) is 47.0 Å². The Morgan fingerprint density at radius 1 is 1.19 bits per heavy atom. The summed E-state index contributed by atoms with van der Waals surface area (Å²) in [6.07, 6.45) is 0.341. The van der Waals surface area contributed by atoms with Crippen LogP contribution in [0, 0.1) is 28.7 Å². The summed E-state index contributed by atoms with van der Waals surface area (Å²) in [6, 6.07) is 1.81. The molecule has 0 saturated carbocycles. The highest BCUT2D eigenvalue weighted by atomic mass is 16.3. The van der Waals surface area contributed by atoms with Crippen LogP contribution in [0.4, 0.5) is 0 Å². The first-order valence-electron chi connectivity index (χ1n) is 8.02. The number of hydrogen-bond donors (Lipinski definition) is 1. The first kappa shape index (κ1) is 25.5. The number of aliphatic hydroxyl groups excluding tert-OH is 1. The maximum Gasteiger partial charge on any atom is 0.240 e. The summed E-state index contributed by atoms with van der Waals surface area (Å²) in [5.41, 5.74) is 15.2. The third-order valence-corrected chi connectivity index (χ3v) is 3.98. The van der Waals surface area contributed by atoms with Crippen LogP contribution in [0.2, 0.25) is 0 Å². The Balaban J connectivity index is 0. The summed E-state index contributed by atoms with van der Waals surface area (Å²) in [5, 5.41) is 24.6. The van der Waals surface area contributed by atoms with E-state index in [1.807, 2.05) is 19.9 Å². The molecule has 10 heteroatoms. The number of carbonyl (C=O) groups excluding carboxylic acids is 1. The van der Waals surface area contributed by atoms with Crippen LogP contribution in [0.5, 0.6) is 0 Å². The zero-order valence-corrected chi connectivity index (χ0v) is 15.8. The summed E-state index contributed by atoms with van der Waals surface area (Å²) in [6.45, 7) is 14.6. The van der Waals surface area contributed by atoms with E-state index in [4.69, 9.17) is 22.9 Å². The van der Waals surface area contributed by atoms with E-state index in [1.54, 1.807) is 13.8 Å². The third-order valence-electron chi connectivity index (χ3n) is 3.98. The molecule has 0 fully saturated rings. The Morgan fingerprint density at radius 2 is 1.69 bits per heavy atom. The van der Waals surface area contributed by atoms with E-state index in [-0.39, 0.29) is 24.2 Å². The summed E-state index contributed by atoms with van der Waals surface area (Å²) in [7, 11) is 0.